The van der Waals surface area contributed by atoms with Gasteiger partial charge in [-0.3, -0.25) is 14.6 Å². The number of carbonyl (C=O) groups is 2. The highest BCUT2D eigenvalue weighted by atomic mass is 16.2. The van der Waals surface area contributed by atoms with Gasteiger partial charge in [0.2, 0.25) is 5.91 Å². The van der Waals surface area contributed by atoms with E-state index >= 15 is 0 Å². The third-order valence-corrected chi connectivity index (χ3v) is 4.42. The molecule has 5 heteroatoms. The second-order valence-corrected chi connectivity index (χ2v) is 6.06. The summed E-state index contributed by atoms with van der Waals surface area (Å²) in [6.45, 7) is 0.709. The van der Waals surface area contributed by atoms with Gasteiger partial charge < -0.3 is 10.2 Å². The summed E-state index contributed by atoms with van der Waals surface area (Å²) < 4.78 is 0. The molecule has 0 atom stereocenters. The topological polar surface area (TPSA) is 62.3 Å². The number of fused-ring (bicyclic) bond motifs is 1. The van der Waals surface area contributed by atoms with Gasteiger partial charge in [-0.1, -0.05) is 18.2 Å². The van der Waals surface area contributed by atoms with Crippen LogP contribution >= 0.6 is 0 Å². The average Bonchev–Trinajstić information content (AvgIpc) is 3.08. The zero-order valence-corrected chi connectivity index (χ0v) is 13.6. The SMILES string of the molecule is O=C(Nc1cccc2cnccc12)c1cccc(N2CCCC2=O)c1. The molecule has 1 saturated heterocycles. The molecule has 5 nitrogen and oxygen atoms in total. The first-order valence-electron chi connectivity index (χ1n) is 8.27. The molecule has 2 heterocycles. The highest BCUT2D eigenvalue weighted by Crippen LogP contribution is 2.25. The van der Waals surface area contributed by atoms with Crippen LogP contribution in [-0.2, 0) is 4.79 Å². The minimum Gasteiger partial charge on any atom is -0.321 e. The van der Waals surface area contributed by atoms with Gasteiger partial charge in [-0.2, -0.15) is 0 Å². The fourth-order valence-corrected chi connectivity index (χ4v) is 3.16. The molecular formula is C20H17N3O2. The van der Waals surface area contributed by atoms with Gasteiger partial charge in [0, 0.05) is 53.1 Å². The van der Waals surface area contributed by atoms with Gasteiger partial charge in [0.25, 0.3) is 5.91 Å². The quantitative estimate of drug-likeness (QED) is 0.797. The van der Waals surface area contributed by atoms with Crippen LogP contribution < -0.4 is 10.2 Å². The van der Waals surface area contributed by atoms with Crippen molar-refractivity contribution in [2.24, 2.45) is 0 Å². The summed E-state index contributed by atoms with van der Waals surface area (Å²) in [4.78, 5) is 30.4. The van der Waals surface area contributed by atoms with Crippen LogP contribution in [0.25, 0.3) is 10.8 Å². The molecule has 2 amide bonds. The highest BCUT2D eigenvalue weighted by molar-refractivity contribution is 6.09. The molecule has 1 N–H and O–H groups in total. The largest absolute Gasteiger partial charge is 0.321 e. The lowest BCUT2D eigenvalue weighted by atomic mass is 10.1. The van der Waals surface area contributed by atoms with Gasteiger partial charge in [-0.05, 0) is 36.8 Å². The van der Waals surface area contributed by atoms with Crippen molar-refractivity contribution in [3.63, 3.8) is 0 Å². The number of amides is 2. The van der Waals surface area contributed by atoms with Crippen LogP contribution in [0.4, 0.5) is 11.4 Å². The van der Waals surface area contributed by atoms with Crippen LogP contribution in [0.3, 0.4) is 0 Å². The Morgan fingerprint density at radius 2 is 2.00 bits per heavy atom. The molecule has 1 aliphatic rings. The maximum absolute atomic E-state index is 12.7. The highest BCUT2D eigenvalue weighted by Gasteiger charge is 2.22. The maximum atomic E-state index is 12.7. The van der Waals surface area contributed by atoms with Crippen molar-refractivity contribution >= 4 is 34.0 Å². The van der Waals surface area contributed by atoms with Gasteiger partial charge in [-0.15, -0.1) is 0 Å². The Balaban J connectivity index is 1.62. The van der Waals surface area contributed by atoms with Crippen molar-refractivity contribution < 1.29 is 9.59 Å². The number of hydrogen-bond donors (Lipinski definition) is 1. The van der Waals surface area contributed by atoms with Gasteiger partial charge in [-0.25, -0.2) is 0 Å². The molecule has 0 bridgehead atoms. The van der Waals surface area contributed by atoms with E-state index < -0.39 is 0 Å². The lowest BCUT2D eigenvalue weighted by Crippen LogP contribution is -2.24. The van der Waals surface area contributed by atoms with E-state index in [-0.39, 0.29) is 11.8 Å². The Morgan fingerprint density at radius 1 is 1.12 bits per heavy atom. The molecular weight excluding hydrogens is 314 g/mol. The van der Waals surface area contributed by atoms with Crippen molar-refractivity contribution in [2.45, 2.75) is 12.8 Å². The number of anilines is 2. The second kappa shape index (κ2) is 6.36. The fourth-order valence-electron chi connectivity index (χ4n) is 3.16. The number of nitrogens with one attached hydrogen (secondary N) is 1. The standard InChI is InChI=1S/C20H17N3O2/c24-19-8-3-11-23(19)16-6-1-4-14(12-16)20(25)22-18-7-2-5-15-13-21-10-9-17(15)18/h1-2,4-7,9-10,12-13H,3,8,11H2,(H,22,25). The van der Waals surface area contributed by atoms with E-state index in [4.69, 9.17) is 0 Å². The molecule has 1 aromatic heterocycles. The lowest BCUT2D eigenvalue weighted by Gasteiger charge is -2.16. The number of rotatable bonds is 3. The molecule has 4 rings (SSSR count). The Kier molecular flexibility index (Phi) is 3.90. The van der Waals surface area contributed by atoms with Gasteiger partial charge in [0.05, 0.1) is 0 Å². The summed E-state index contributed by atoms with van der Waals surface area (Å²) >= 11 is 0. The number of carbonyl (C=O) groups excluding carboxylic acids is 2. The number of nitrogens with zero attached hydrogens (tertiary/aromatic N) is 2. The van der Waals surface area contributed by atoms with E-state index in [9.17, 15) is 9.59 Å². The van der Waals surface area contributed by atoms with Crippen molar-refractivity contribution in [2.75, 3.05) is 16.8 Å². The van der Waals surface area contributed by atoms with Crippen molar-refractivity contribution in [3.05, 3.63) is 66.5 Å². The van der Waals surface area contributed by atoms with Crippen LogP contribution in [0.5, 0.6) is 0 Å². The minimum atomic E-state index is -0.196. The van der Waals surface area contributed by atoms with E-state index in [1.165, 1.54) is 0 Å². The molecule has 124 valence electrons. The summed E-state index contributed by atoms with van der Waals surface area (Å²) in [6.07, 6.45) is 4.90. The summed E-state index contributed by atoms with van der Waals surface area (Å²) in [5.41, 5.74) is 2.05. The van der Waals surface area contributed by atoms with E-state index in [1.807, 2.05) is 36.4 Å². The van der Waals surface area contributed by atoms with Gasteiger partial charge in [0.15, 0.2) is 0 Å². The summed E-state index contributed by atoms with van der Waals surface area (Å²) in [6, 6.07) is 14.8. The summed E-state index contributed by atoms with van der Waals surface area (Å²) in [7, 11) is 0. The zero-order valence-electron chi connectivity index (χ0n) is 13.6. The molecule has 25 heavy (non-hydrogen) atoms. The molecule has 0 unspecified atom stereocenters. The van der Waals surface area contributed by atoms with Gasteiger partial charge in [0.1, 0.15) is 0 Å². The van der Waals surface area contributed by atoms with Crippen LogP contribution in [0, 0.1) is 0 Å². The van der Waals surface area contributed by atoms with Crippen molar-refractivity contribution in [3.8, 4) is 0 Å². The number of aromatic nitrogens is 1. The number of hydrogen-bond acceptors (Lipinski definition) is 3. The number of benzene rings is 2. The molecule has 0 aliphatic carbocycles. The molecule has 0 spiro atoms. The first kappa shape index (κ1) is 15.3. The lowest BCUT2D eigenvalue weighted by molar-refractivity contribution is -0.117. The number of pyridine rings is 1. The average molecular weight is 331 g/mol. The predicted molar refractivity (Wildman–Crippen MR) is 97.7 cm³/mol. The third kappa shape index (κ3) is 2.96. The first-order chi connectivity index (χ1) is 12.2. The van der Waals surface area contributed by atoms with Gasteiger partial charge >= 0.3 is 0 Å². The fraction of sp³-hybridized carbons (Fsp3) is 0.150. The Hall–Kier alpha value is -3.21. The van der Waals surface area contributed by atoms with Crippen LogP contribution in [0.1, 0.15) is 23.2 Å². The molecule has 3 aromatic rings. The van der Waals surface area contributed by atoms with E-state index in [0.29, 0.717) is 18.5 Å². The monoisotopic (exact) mass is 331 g/mol. The van der Waals surface area contributed by atoms with Crippen molar-refractivity contribution in [1.82, 2.24) is 4.98 Å². The van der Waals surface area contributed by atoms with Crippen LogP contribution in [0.15, 0.2) is 60.9 Å². The van der Waals surface area contributed by atoms with E-state index in [1.54, 1.807) is 29.4 Å². The molecule has 1 aliphatic heterocycles. The Bertz CT molecular complexity index is 963. The molecule has 0 radical (unpaired) electrons. The van der Waals surface area contributed by atoms with E-state index in [0.717, 1.165) is 28.6 Å². The zero-order chi connectivity index (χ0) is 17.2. The summed E-state index contributed by atoms with van der Waals surface area (Å²) in [5.74, 6) is -0.0862. The first-order valence-corrected chi connectivity index (χ1v) is 8.27. The van der Waals surface area contributed by atoms with E-state index in [2.05, 4.69) is 10.3 Å². The normalized spacial score (nSPS) is 14.1. The Labute approximate surface area is 145 Å². The maximum Gasteiger partial charge on any atom is 0.255 e. The van der Waals surface area contributed by atoms with Crippen LogP contribution in [0.2, 0.25) is 0 Å². The minimum absolute atomic E-state index is 0.110. The van der Waals surface area contributed by atoms with Crippen LogP contribution in [-0.4, -0.2) is 23.3 Å². The Morgan fingerprint density at radius 3 is 2.84 bits per heavy atom. The van der Waals surface area contributed by atoms with Crippen molar-refractivity contribution in [1.29, 1.82) is 0 Å². The predicted octanol–water partition coefficient (Wildman–Crippen LogP) is 3.61. The molecule has 0 saturated carbocycles. The molecule has 2 aromatic carbocycles. The second-order valence-electron chi connectivity index (χ2n) is 6.06. The summed E-state index contributed by atoms with van der Waals surface area (Å²) in [5, 5.41) is 4.87. The molecule has 1 fully saturated rings. The third-order valence-electron chi connectivity index (χ3n) is 4.42. The smallest absolute Gasteiger partial charge is 0.255 e.